The van der Waals surface area contributed by atoms with Crippen molar-refractivity contribution in [3.63, 3.8) is 0 Å². The second kappa shape index (κ2) is 13.0. The number of aliphatic hydroxyl groups excluding tert-OH is 1. The maximum absolute atomic E-state index is 14.0. The summed E-state index contributed by atoms with van der Waals surface area (Å²) in [6, 6.07) is 8.90. The average Bonchev–Trinajstić information content (AvgIpc) is 3.42. The summed E-state index contributed by atoms with van der Waals surface area (Å²) in [5.41, 5.74) is 8.12. The van der Waals surface area contributed by atoms with Crippen LogP contribution in [0.2, 0.25) is 0 Å². The Morgan fingerprint density at radius 3 is 2.75 bits per heavy atom. The molecule has 0 bridgehead atoms. The maximum atomic E-state index is 14.0. The zero-order valence-electron chi connectivity index (χ0n) is 24.6. The fraction of sp³-hybridized carbons (Fsp3) is 0.323. The first-order valence-electron chi connectivity index (χ1n) is 14.2. The standard InChI is InChI=1S/C31H35F2N9O2/c1-4-31(32,33)22-13-14-35-24(17-22)38-30(44)21-11-9-20(10-12-21)27-26-28(34)36-19-37-29(26)42(39-27)23-7-5-16-41(18-23)25(43)8-6-15-40(2)3/h4,6,8-14,17,19,23,25,43H,1,5,7,15-16,18H2,2-3H3,(H2,34,36,37)(H,35,38,44). The number of hydrogen-bond acceptors (Lipinski definition) is 9. The van der Waals surface area contributed by atoms with Crippen molar-refractivity contribution in [3.05, 3.63) is 84.9 Å². The molecule has 2 atom stereocenters. The fourth-order valence-electron chi connectivity index (χ4n) is 5.18. The molecular formula is C31H35F2N9O2. The van der Waals surface area contributed by atoms with Crippen LogP contribution in [0.3, 0.4) is 0 Å². The Hall–Kier alpha value is -4.59. The number of nitrogens with two attached hydrogens (primary N) is 1. The van der Waals surface area contributed by atoms with E-state index < -0.39 is 18.1 Å². The van der Waals surface area contributed by atoms with Gasteiger partial charge in [0.05, 0.1) is 11.4 Å². The van der Waals surface area contributed by atoms with Gasteiger partial charge < -0.3 is 21.1 Å². The topological polar surface area (TPSA) is 138 Å². The number of halogens is 2. The van der Waals surface area contributed by atoms with Gasteiger partial charge in [0.2, 0.25) is 0 Å². The van der Waals surface area contributed by atoms with Gasteiger partial charge in [-0.15, -0.1) is 0 Å². The van der Waals surface area contributed by atoms with Crippen molar-refractivity contribution in [2.24, 2.45) is 0 Å². The highest BCUT2D eigenvalue weighted by Gasteiger charge is 2.29. The summed E-state index contributed by atoms with van der Waals surface area (Å²) in [5, 5.41) is 18.9. The molecular weight excluding hydrogens is 568 g/mol. The first-order chi connectivity index (χ1) is 21.1. The highest BCUT2D eigenvalue weighted by Crippen LogP contribution is 2.34. The van der Waals surface area contributed by atoms with Crippen LogP contribution in [0.1, 0.15) is 34.8 Å². The third-order valence-electron chi connectivity index (χ3n) is 7.51. The Kier molecular flexibility index (Phi) is 9.09. The number of likely N-dealkylation sites (N-methyl/N-ethyl adjacent to an activating group) is 1. The second-order valence-corrected chi connectivity index (χ2v) is 10.9. The van der Waals surface area contributed by atoms with Gasteiger partial charge in [-0.1, -0.05) is 24.8 Å². The van der Waals surface area contributed by atoms with Crippen LogP contribution in [0, 0.1) is 0 Å². The molecule has 1 saturated heterocycles. The van der Waals surface area contributed by atoms with E-state index in [-0.39, 0.29) is 23.2 Å². The minimum atomic E-state index is -3.25. The first kappa shape index (κ1) is 30.9. The molecule has 1 amide bonds. The van der Waals surface area contributed by atoms with E-state index in [1.54, 1.807) is 30.3 Å². The van der Waals surface area contributed by atoms with Crippen molar-refractivity contribution in [1.82, 2.24) is 34.5 Å². The molecule has 1 fully saturated rings. The normalized spacial score (nSPS) is 16.9. The van der Waals surface area contributed by atoms with Gasteiger partial charge in [0, 0.05) is 42.5 Å². The monoisotopic (exact) mass is 603 g/mol. The predicted octanol–water partition coefficient (Wildman–Crippen LogP) is 4.07. The first-order valence-corrected chi connectivity index (χ1v) is 14.2. The van der Waals surface area contributed by atoms with E-state index in [4.69, 9.17) is 10.8 Å². The van der Waals surface area contributed by atoms with Crippen LogP contribution in [0.15, 0.2) is 73.7 Å². The largest absolute Gasteiger partial charge is 0.383 e. The van der Waals surface area contributed by atoms with Gasteiger partial charge in [0.25, 0.3) is 11.8 Å². The van der Waals surface area contributed by atoms with Gasteiger partial charge >= 0.3 is 0 Å². The second-order valence-electron chi connectivity index (χ2n) is 10.9. The molecule has 13 heteroatoms. The molecule has 230 valence electrons. The predicted molar refractivity (Wildman–Crippen MR) is 165 cm³/mol. The number of carbonyl (C=O) groups is 1. The zero-order chi connectivity index (χ0) is 31.4. The number of nitrogen functional groups attached to an aromatic ring is 1. The third-order valence-corrected chi connectivity index (χ3v) is 7.51. The number of piperidine rings is 1. The van der Waals surface area contributed by atoms with E-state index in [1.165, 1.54) is 18.6 Å². The Balaban J connectivity index is 1.38. The van der Waals surface area contributed by atoms with E-state index in [2.05, 4.69) is 26.8 Å². The minimum absolute atomic E-state index is 0.00686. The van der Waals surface area contributed by atoms with Crippen molar-refractivity contribution < 1.29 is 18.7 Å². The van der Waals surface area contributed by atoms with Crippen LogP contribution < -0.4 is 11.1 Å². The lowest BCUT2D eigenvalue weighted by atomic mass is 10.1. The van der Waals surface area contributed by atoms with Gasteiger partial charge in [-0.05, 0) is 63.4 Å². The number of hydrogen-bond donors (Lipinski definition) is 3. The van der Waals surface area contributed by atoms with Gasteiger partial charge in [-0.2, -0.15) is 13.9 Å². The molecule has 5 rings (SSSR count). The summed E-state index contributed by atoms with van der Waals surface area (Å²) in [6.45, 7) is 5.22. The Morgan fingerprint density at radius 1 is 1.25 bits per heavy atom. The average molecular weight is 604 g/mol. The summed E-state index contributed by atoms with van der Waals surface area (Å²) in [5.74, 6) is -3.49. The molecule has 0 spiro atoms. The molecule has 4 heterocycles. The molecule has 0 aliphatic carbocycles. The van der Waals surface area contributed by atoms with Gasteiger partial charge in [0.1, 0.15) is 29.9 Å². The van der Waals surface area contributed by atoms with E-state index in [9.17, 15) is 18.7 Å². The van der Waals surface area contributed by atoms with E-state index in [0.717, 1.165) is 32.0 Å². The number of amides is 1. The highest BCUT2D eigenvalue weighted by atomic mass is 19.3. The fourth-order valence-corrected chi connectivity index (χ4v) is 5.18. The lowest BCUT2D eigenvalue weighted by molar-refractivity contribution is 0.0122. The van der Waals surface area contributed by atoms with Crippen molar-refractivity contribution in [2.75, 3.05) is 44.8 Å². The summed E-state index contributed by atoms with van der Waals surface area (Å²) in [7, 11) is 3.94. The van der Waals surface area contributed by atoms with E-state index >= 15 is 0 Å². The molecule has 3 aromatic heterocycles. The Bertz CT molecular complexity index is 1670. The molecule has 44 heavy (non-hydrogen) atoms. The Labute approximate surface area is 253 Å². The molecule has 4 N–H and O–H groups in total. The van der Waals surface area contributed by atoms with Gasteiger partial charge in [-0.3, -0.25) is 9.69 Å². The SMILES string of the molecule is C=CC(F)(F)c1ccnc(NC(=O)c2ccc(-c3nn(C4CCCN(C(O)C=CCN(C)C)C4)c4ncnc(N)c34)cc2)c1. The number of nitrogens with one attached hydrogen (secondary N) is 1. The molecule has 0 radical (unpaired) electrons. The third kappa shape index (κ3) is 6.64. The lowest BCUT2D eigenvalue weighted by Gasteiger charge is -2.35. The number of pyridine rings is 1. The summed E-state index contributed by atoms with van der Waals surface area (Å²) < 4.78 is 29.9. The molecule has 4 aromatic rings. The summed E-state index contributed by atoms with van der Waals surface area (Å²) in [4.78, 5) is 29.6. The smallest absolute Gasteiger partial charge is 0.291 e. The van der Waals surface area contributed by atoms with Crippen molar-refractivity contribution in [3.8, 4) is 11.3 Å². The van der Waals surface area contributed by atoms with E-state index in [1.807, 2.05) is 34.7 Å². The van der Waals surface area contributed by atoms with Crippen LogP contribution in [0.4, 0.5) is 20.4 Å². The molecule has 1 aromatic carbocycles. The van der Waals surface area contributed by atoms with Crippen LogP contribution in [-0.4, -0.2) is 85.5 Å². The van der Waals surface area contributed by atoms with Gasteiger partial charge in [-0.25, -0.2) is 19.6 Å². The minimum Gasteiger partial charge on any atom is -0.383 e. The number of carbonyl (C=O) groups excluding carboxylic acids is 1. The molecule has 2 unspecified atom stereocenters. The number of benzene rings is 1. The number of likely N-dealkylation sites (tertiary alicyclic amines) is 1. The van der Waals surface area contributed by atoms with Crippen LogP contribution in [-0.2, 0) is 5.92 Å². The van der Waals surface area contributed by atoms with Crippen molar-refractivity contribution in [2.45, 2.75) is 31.0 Å². The maximum Gasteiger partial charge on any atom is 0.291 e. The number of nitrogens with zero attached hydrogens (tertiary/aromatic N) is 7. The number of allylic oxidation sites excluding steroid dienone is 1. The Morgan fingerprint density at radius 2 is 2.02 bits per heavy atom. The van der Waals surface area contributed by atoms with Crippen molar-refractivity contribution in [1.29, 1.82) is 0 Å². The highest BCUT2D eigenvalue weighted by molar-refractivity contribution is 6.04. The molecule has 1 aliphatic heterocycles. The number of aliphatic hydroxyl groups is 1. The van der Waals surface area contributed by atoms with Crippen LogP contribution in [0.5, 0.6) is 0 Å². The lowest BCUT2D eigenvalue weighted by Crippen LogP contribution is -2.42. The zero-order valence-corrected chi connectivity index (χ0v) is 24.6. The summed E-state index contributed by atoms with van der Waals surface area (Å²) >= 11 is 0. The summed E-state index contributed by atoms with van der Waals surface area (Å²) in [6.07, 6.45) is 7.89. The van der Waals surface area contributed by atoms with Crippen LogP contribution in [0.25, 0.3) is 22.3 Å². The number of fused-ring (bicyclic) bond motifs is 1. The number of aromatic nitrogens is 5. The molecule has 0 saturated carbocycles. The van der Waals surface area contributed by atoms with Crippen LogP contribution >= 0.6 is 0 Å². The van der Waals surface area contributed by atoms with Gasteiger partial charge in [0.15, 0.2) is 5.65 Å². The number of alkyl halides is 2. The molecule has 11 nitrogen and oxygen atoms in total. The molecule has 1 aliphatic rings. The number of rotatable bonds is 10. The quantitative estimate of drug-likeness (QED) is 0.229. The van der Waals surface area contributed by atoms with E-state index in [0.29, 0.717) is 40.5 Å². The number of anilines is 2. The van der Waals surface area contributed by atoms with Crippen molar-refractivity contribution >= 4 is 28.6 Å².